The first-order valence-corrected chi connectivity index (χ1v) is 8.30. The highest BCUT2D eigenvalue weighted by Gasteiger charge is 2.07. The Hall–Kier alpha value is -2.53. The minimum atomic E-state index is 0.0795. The van der Waals surface area contributed by atoms with Gasteiger partial charge in [-0.05, 0) is 36.8 Å². The maximum absolute atomic E-state index is 9.58. The smallest absolute Gasteiger partial charge is 0.131 e. The molecule has 1 atom stereocenters. The highest BCUT2D eigenvalue weighted by atomic mass is 32.1. The summed E-state index contributed by atoms with van der Waals surface area (Å²) in [6.07, 6.45) is 0. The van der Waals surface area contributed by atoms with E-state index in [9.17, 15) is 5.11 Å². The van der Waals surface area contributed by atoms with Crippen LogP contribution >= 0.6 is 11.3 Å². The highest BCUT2D eigenvalue weighted by Crippen LogP contribution is 2.25. The fraction of sp³-hybridized carbons (Fsp3) is 0.167. The number of phenolic OH excluding ortho intramolecular Hbond substituents is 1. The Morgan fingerprint density at radius 2 is 2.09 bits per heavy atom. The average Bonchev–Trinajstić information content (AvgIpc) is 3.07. The number of nitrogens with zero attached hydrogens (tertiary/aromatic N) is 1. The number of phenols is 1. The molecule has 1 heterocycles. The highest BCUT2D eigenvalue weighted by molar-refractivity contribution is 7.07. The Labute approximate surface area is 139 Å². The van der Waals surface area contributed by atoms with Gasteiger partial charge in [0.1, 0.15) is 18.1 Å². The molecule has 1 unspecified atom stereocenters. The summed E-state index contributed by atoms with van der Waals surface area (Å²) in [5, 5.41) is 15.0. The van der Waals surface area contributed by atoms with Crippen LogP contribution in [0.4, 0.5) is 5.69 Å². The standard InChI is InChI=1S/C18H18N2O2S/c1-13(14-4-2-6-17(21)8-14)20-15-5-3-7-18(9-15)22-10-16-11-23-12-19-16/h2-9,11-13,20-21H,10H2,1H3. The summed E-state index contributed by atoms with van der Waals surface area (Å²) in [5.41, 5.74) is 4.73. The molecule has 5 heteroatoms. The van der Waals surface area contributed by atoms with E-state index in [1.807, 2.05) is 41.8 Å². The van der Waals surface area contributed by atoms with Crippen molar-refractivity contribution in [3.8, 4) is 11.5 Å². The molecule has 0 radical (unpaired) electrons. The summed E-state index contributed by atoms with van der Waals surface area (Å²) in [5.74, 6) is 1.07. The van der Waals surface area contributed by atoms with Crippen LogP contribution in [0.15, 0.2) is 59.4 Å². The lowest BCUT2D eigenvalue weighted by Gasteiger charge is -2.16. The van der Waals surface area contributed by atoms with Gasteiger partial charge in [0.05, 0.1) is 11.2 Å². The Morgan fingerprint density at radius 3 is 2.87 bits per heavy atom. The molecule has 0 saturated carbocycles. The van der Waals surface area contributed by atoms with Crippen molar-refractivity contribution in [2.24, 2.45) is 0 Å². The predicted octanol–water partition coefficient (Wildman–Crippen LogP) is 4.60. The van der Waals surface area contributed by atoms with Crippen molar-refractivity contribution < 1.29 is 9.84 Å². The zero-order chi connectivity index (χ0) is 16.1. The van der Waals surface area contributed by atoms with Gasteiger partial charge in [0, 0.05) is 23.2 Å². The molecular formula is C18H18N2O2S. The van der Waals surface area contributed by atoms with Crippen molar-refractivity contribution in [3.63, 3.8) is 0 Å². The second-order valence-corrected chi connectivity index (χ2v) is 5.98. The van der Waals surface area contributed by atoms with Gasteiger partial charge in [0.25, 0.3) is 0 Å². The van der Waals surface area contributed by atoms with Crippen LogP contribution < -0.4 is 10.1 Å². The monoisotopic (exact) mass is 326 g/mol. The number of benzene rings is 2. The molecular weight excluding hydrogens is 308 g/mol. The van der Waals surface area contributed by atoms with Crippen LogP contribution in [0, 0.1) is 0 Å². The van der Waals surface area contributed by atoms with Crippen LogP contribution in [0.3, 0.4) is 0 Å². The summed E-state index contributed by atoms with van der Waals surface area (Å²) in [6.45, 7) is 2.52. The molecule has 0 bridgehead atoms. The van der Waals surface area contributed by atoms with Gasteiger partial charge in [-0.2, -0.15) is 0 Å². The van der Waals surface area contributed by atoms with Gasteiger partial charge in [-0.1, -0.05) is 18.2 Å². The van der Waals surface area contributed by atoms with E-state index in [1.54, 1.807) is 29.0 Å². The number of aromatic nitrogens is 1. The Morgan fingerprint density at radius 1 is 1.22 bits per heavy atom. The molecule has 2 N–H and O–H groups in total. The van der Waals surface area contributed by atoms with Crippen LogP contribution in [-0.2, 0) is 6.61 Å². The second-order valence-electron chi connectivity index (χ2n) is 5.26. The predicted molar refractivity (Wildman–Crippen MR) is 93.0 cm³/mol. The number of aromatic hydroxyl groups is 1. The van der Waals surface area contributed by atoms with Crippen molar-refractivity contribution in [1.82, 2.24) is 4.98 Å². The van der Waals surface area contributed by atoms with Gasteiger partial charge in [0.2, 0.25) is 0 Å². The van der Waals surface area contributed by atoms with Gasteiger partial charge < -0.3 is 15.2 Å². The van der Waals surface area contributed by atoms with Crippen molar-refractivity contribution >= 4 is 17.0 Å². The molecule has 4 nitrogen and oxygen atoms in total. The lowest BCUT2D eigenvalue weighted by atomic mass is 10.1. The molecule has 118 valence electrons. The first-order chi connectivity index (χ1) is 11.2. The number of ether oxygens (including phenoxy) is 1. The van der Waals surface area contributed by atoms with Crippen LogP contribution in [0.25, 0.3) is 0 Å². The second kappa shape index (κ2) is 7.15. The largest absolute Gasteiger partial charge is 0.508 e. The SMILES string of the molecule is CC(Nc1cccc(OCc2cscn2)c1)c1cccc(O)c1. The first kappa shape index (κ1) is 15.4. The summed E-state index contributed by atoms with van der Waals surface area (Å²) in [4.78, 5) is 4.20. The van der Waals surface area contributed by atoms with Crippen molar-refractivity contribution in [3.05, 3.63) is 70.7 Å². The Bertz CT molecular complexity index is 759. The summed E-state index contributed by atoms with van der Waals surface area (Å²) in [6, 6.07) is 15.2. The molecule has 0 spiro atoms. The van der Waals surface area contributed by atoms with Crippen molar-refractivity contribution in [2.45, 2.75) is 19.6 Å². The topological polar surface area (TPSA) is 54.4 Å². The quantitative estimate of drug-likeness (QED) is 0.695. The fourth-order valence-corrected chi connectivity index (χ4v) is 2.81. The van der Waals surface area contributed by atoms with Gasteiger partial charge in [-0.3, -0.25) is 0 Å². The Balaban J connectivity index is 1.65. The van der Waals surface area contributed by atoms with Gasteiger partial charge >= 0.3 is 0 Å². The van der Waals surface area contributed by atoms with E-state index in [0.29, 0.717) is 6.61 Å². The Kier molecular flexibility index (Phi) is 4.78. The summed E-state index contributed by atoms with van der Waals surface area (Å²) >= 11 is 1.56. The van der Waals surface area contributed by atoms with Gasteiger partial charge in [-0.25, -0.2) is 4.98 Å². The van der Waals surface area contributed by atoms with Crippen LogP contribution in [-0.4, -0.2) is 10.1 Å². The summed E-state index contributed by atoms with van der Waals surface area (Å²) in [7, 11) is 0. The number of rotatable bonds is 6. The molecule has 2 aromatic carbocycles. The lowest BCUT2D eigenvalue weighted by molar-refractivity contribution is 0.302. The molecule has 0 aliphatic carbocycles. The van der Waals surface area contributed by atoms with Crippen molar-refractivity contribution in [2.75, 3.05) is 5.32 Å². The minimum absolute atomic E-state index is 0.0795. The zero-order valence-corrected chi connectivity index (χ0v) is 13.6. The molecule has 3 rings (SSSR count). The average molecular weight is 326 g/mol. The molecule has 0 fully saturated rings. The van der Waals surface area contributed by atoms with Gasteiger partial charge in [-0.15, -0.1) is 11.3 Å². The number of hydrogen-bond acceptors (Lipinski definition) is 5. The third-order valence-electron chi connectivity index (χ3n) is 3.46. The number of anilines is 1. The van der Waals surface area contributed by atoms with E-state index in [0.717, 1.165) is 22.7 Å². The maximum atomic E-state index is 9.58. The van der Waals surface area contributed by atoms with Crippen molar-refractivity contribution in [1.29, 1.82) is 0 Å². The van der Waals surface area contributed by atoms with Gasteiger partial charge in [0.15, 0.2) is 0 Å². The van der Waals surface area contributed by atoms with Crippen LogP contribution in [0.5, 0.6) is 11.5 Å². The molecule has 0 aliphatic rings. The molecule has 1 aromatic heterocycles. The number of nitrogens with one attached hydrogen (secondary N) is 1. The third kappa shape index (κ3) is 4.23. The number of hydrogen-bond donors (Lipinski definition) is 2. The minimum Gasteiger partial charge on any atom is -0.508 e. The third-order valence-corrected chi connectivity index (χ3v) is 4.09. The lowest BCUT2D eigenvalue weighted by Crippen LogP contribution is -2.06. The van der Waals surface area contributed by atoms with E-state index in [1.165, 1.54) is 0 Å². The molecule has 23 heavy (non-hydrogen) atoms. The van der Waals surface area contributed by atoms with Crippen LogP contribution in [0.1, 0.15) is 24.2 Å². The fourth-order valence-electron chi connectivity index (χ4n) is 2.27. The van der Waals surface area contributed by atoms with E-state index < -0.39 is 0 Å². The summed E-state index contributed by atoms with van der Waals surface area (Å²) < 4.78 is 5.76. The first-order valence-electron chi connectivity index (χ1n) is 7.36. The van der Waals surface area contributed by atoms with E-state index >= 15 is 0 Å². The molecule has 3 aromatic rings. The molecule has 0 aliphatic heterocycles. The van der Waals surface area contributed by atoms with Crippen LogP contribution in [0.2, 0.25) is 0 Å². The molecule has 0 amide bonds. The van der Waals surface area contributed by atoms with E-state index in [4.69, 9.17) is 4.74 Å². The molecule has 0 saturated heterocycles. The maximum Gasteiger partial charge on any atom is 0.131 e. The van der Waals surface area contributed by atoms with E-state index in [2.05, 4.69) is 17.2 Å². The number of thiazole rings is 1. The normalized spacial score (nSPS) is 11.9. The van der Waals surface area contributed by atoms with E-state index in [-0.39, 0.29) is 11.8 Å². The zero-order valence-electron chi connectivity index (χ0n) is 12.8.